The first-order valence-corrected chi connectivity index (χ1v) is 7.01. The molecule has 0 aliphatic rings. The molecule has 8 heteroatoms. The number of carbonyl (C=O) groups excluding carboxylic acids is 1. The lowest BCUT2D eigenvalue weighted by atomic mass is 9.95. The molecule has 0 bridgehead atoms. The Bertz CT molecular complexity index is 590. The lowest BCUT2D eigenvalue weighted by molar-refractivity contribution is -0.385. The molecule has 0 saturated carbocycles. The van der Waals surface area contributed by atoms with Crippen molar-refractivity contribution in [1.29, 1.82) is 0 Å². The molecule has 1 amide bonds. The van der Waals surface area contributed by atoms with E-state index in [9.17, 15) is 24.8 Å². The second-order valence-corrected chi connectivity index (χ2v) is 5.53. The molecule has 0 fully saturated rings. The molecule has 0 aliphatic carbocycles. The Morgan fingerprint density at radius 1 is 1.48 bits per heavy atom. The molecule has 21 heavy (non-hydrogen) atoms. The number of carboxylic acid groups (broad SMARTS) is 1. The van der Waals surface area contributed by atoms with Gasteiger partial charge >= 0.3 is 5.97 Å². The van der Waals surface area contributed by atoms with Crippen LogP contribution in [0.5, 0.6) is 0 Å². The van der Waals surface area contributed by atoms with Crippen molar-refractivity contribution in [3.63, 3.8) is 0 Å². The summed E-state index contributed by atoms with van der Waals surface area (Å²) in [4.78, 5) is 33.7. The SMILES string of the molecule is CCCC(C)(NC(=O)c1cccc([N+](=O)[O-])c1Br)C(=O)O. The average Bonchev–Trinajstić information content (AvgIpc) is 2.38. The Labute approximate surface area is 129 Å². The minimum atomic E-state index is -1.42. The van der Waals surface area contributed by atoms with Crippen LogP contribution in [0.25, 0.3) is 0 Å². The van der Waals surface area contributed by atoms with Crippen molar-refractivity contribution in [3.05, 3.63) is 38.3 Å². The predicted octanol–water partition coefficient (Wildman–Crippen LogP) is 2.73. The zero-order chi connectivity index (χ0) is 16.2. The average molecular weight is 359 g/mol. The number of rotatable bonds is 6. The molecule has 1 aromatic rings. The summed E-state index contributed by atoms with van der Waals surface area (Å²) in [6.07, 6.45) is 0.819. The summed E-state index contributed by atoms with van der Waals surface area (Å²) in [5, 5.41) is 22.5. The van der Waals surface area contributed by atoms with Crippen molar-refractivity contribution >= 4 is 33.5 Å². The molecule has 0 spiro atoms. The van der Waals surface area contributed by atoms with Gasteiger partial charge in [-0.2, -0.15) is 0 Å². The summed E-state index contributed by atoms with van der Waals surface area (Å²) < 4.78 is 0.0248. The molecule has 0 saturated heterocycles. The van der Waals surface area contributed by atoms with Crippen molar-refractivity contribution in [2.45, 2.75) is 32.2 Å². The fourth-order valence-corrected chi connectivity index (χ4v) is 2.47. The molecular weight excluding hydrogens is 344 g/mol. The molecule has 0 radical (unpaired) electrons. The summed E-state index contributed by atoms with van der Waals surface area (Å²) in [5.41, 5.74) is -1.65. The lowest BCUT2D eigenvalue weighted by Crippen LogP contribution is -2.52. The Balaban J connectivity index is 3.12. The van der Waals surface area contributed by atoms with Gasteiger partial charge in [0.05, 0.1) is 10.5 Å². The van der Waals surface area contributed by atoms with Gasteiger partial charge in [0.1, 0.15) is 10.0 Å². The summed E-state index contributed by atoms with van der Waals surface area (Å²) in [5.74, 6) is -1.83. The molecule has 1 atom stereocenters. The van der Waals surface area contributed by atoms with Gasteiger partial charge in [0.15, 0.2) is 0 Å². The Kier molecular flexibility index (Phi) is 5.42. The largest absolute Gasteiger partial charge is 0.480 e. The Hall–Kier alpha value is -1.96. The second-order valence-electron chi connectivity index (χ2n) is 4.74. The molecule has 114 valence electrons. The number of amides is 1. The summed E-state index contributed by atoms with van der Waals surface area (Å²) in [6.45, 7) is 3.21. The number of halogens is 1. The van der Waals surface area contributed by atoms with Crippen LogP contribution in [0.2, 0.25) is 0 Å². The van der Waals surface area contributed by atoms with Crippen molar-refractivity contribution in [2.75, 3.05) is 0 Å². The zero-order valence-corrected chi connectivity index (χ0v) is 13.1. The third kappa shape index (κ3) is 3.78. The highest BCUT2D eigenvalue weighted by atomic mass is 79.9. The molecule has 1 aromatic carbocycles. The summed E-state index contributed by atoms with van der Waals surface area (Å²) in [6, 6.07) is 4.01. The number of hydrogen-bond donors (Lipinski definition) is 2. The van der Waals surface area contributed by atoms with E-state index >= 15 is 0 Å². The number of nitrogens with zero attached hydrogens (tertiary/aromatic N) is 1. The molecule has 0 aromatic heterocycles. The third-order valence-electron chi connectivity index (χ3n) is 3.03. The van der Waals surface area contributed by atoms with Gasteiger partial charge in [-0.05, 0) is 35.3 Å². The molecule has 1 rings (SSSR count). The van der Waals surface area contributed by atoms with Gasteiger partial charge in [-0.1, -0.05) is 19.4 Å². The fourth-order valence-electron chi connectivity index (χ4n) is 1.88. The number of nitro groups is 1. The number of carboxylic acids is 1. The van der Waals surface area contributed by atoms with Crippen LogP contribution >= 0.6 is 15.9 Å². The van der Waals surface area contributed by atoms with Gasteiger partial charge in [-0.25, -0.2) is 4.79 Å². The van der Waals surface area contributed by atoms with E-state index < -0.39 is 22.3 Å². The van der Waals surface area contributed by atoms with E-state index in [1.54, 1.807) is 6.92 Å². The topological polar surface area (TPSA) is 110 Å². The Morgan fingerprint density at radius 3 is 2.57 bits per heavy atom. The molecule has 0 heterocycles. The lowest BCUT2D eigenvalue weighted by Gasteiger charge is -2.25. The van der Waals surface area contributed by atoms with Gasteiger partial charge in [-0.15, -0.1) is 0 Å². The molecular formula is C13H15BrN2O5. The normalized spacial score (nSPS) is 13.3. The first kappa shape index (κ1) is 17.1. The number of hydrogen-bond acceptors (Lipinski definition) is 4. The van der Waals surface area contributed by atoms with Crippen LogP contribution in [0.15, 0.2) is 22.7 Å². The molecule has 2 N–H and O–H groups in total. The van der Waals surface area contributed by atoms with Gasteiger partial charge < -0.3 is 10.4 Å². The summed E-state index contributed by atoms with van der Waals surface area (Å²) in [7, 11) is 0. The highest BCUT2D eigenvalue weighted by molar-refractivity contribution is 9.10. The van der Waals surface area contributed by atoms with Gasteiger partial charge in [0.2, 0.25) is 0 Å². The zero-order valence-electron chi connectivity index (χ0n) is 11.6. The van der Waals surface area contributed by atoms with E-state index in [0.717, 1.165) is 0 Å². The van der Waals surface area contributed by atoms with Crippen LogP contribution in [-0.2, 0) is 4.79 Å². The third-order valence-corrected chi connectivity index (χ3v) is 3.86. The van der Waals surface area contributed by atoms with E-state index in [2.05, 4.69) is 21.2 Å². The fraction of sp³-hybridized carbons (Fsp3) is 0.385. The van der Waals surface area contributed by atoms with Gasteiger partial charge in [0, 0.05) is 6.07 Å². The van der Waals surface area contributed by atoms with Crippen molar-refractivity contribution in [1.82, 2.24) is 5.32 Å². The predicted molar refractivity (Wildman–Crippen MR) is 79.2 cm³/mol. The number of carbonyl (C=O) groups is 2. The van der Waals surface area contributed by atoms with Crippen LogP contribution < -0.4 is 5.32 Å². The number of aliphatic carboxylic acids is 1. The van der Waals surface area contributed by atoms with E-state index in [1.807, 2.05) is 0 Å². The monoisotopic (exact) mass is 358 g/mol. The van der Waals surface area contributed by atoms with Gasteiger partial charge in [-0.3, -0.25) is 14.9 Å². The van der Waals surface area contributed by atoms with E-state index in [1.165, 1.54) is 25.1 Å². The van der Waals surface area contributed by atoms with E-state index in [0.29, 0.717) is 6.42 Å². The first-order chi connectivity index (χ1) is 9.73. The molecule has 1 unspecified atom stereocenters. The minimum Gasteiger partial charge on any atom is -0.480 e. The maximum Gasteiger partial charge on any atom is 0.329 e. The maximum atomic E-state index is 12.2. The number of nitrogens with one attached hydrogen (secondary N) is 1. The second kappa shape index (κ2) is 6.66. The minimum absolute atomic E-state index is 0.0211. The van der Waals surface area contributed by atoms with Crippen LogP contribution in [-0.4, -0.2) is 27.4 Å². The maximum absolute atomic E-state index is 12.2. The van der Waals surface area contributed by atoms with Crippen LogP contribution in [0.4, 0.5) is 5.69 Å². The number of benzene rings is 1. The Morgan fingerprint density at radius 2 is 2.10 bits per heavy atom. The highest BCUT2D eigenvalue weighted by Gasteiger charge is 2.35. The van der Waals surface area contributed by atoms with Gasteiger partial charge in [0.25, 0.3) is 11.6 Å². The number of nitro benzene ring substituents is 1. The first-order valence-electron chi connectivity index (χ1n) is 6.21. The summed E-state index contributed by atoms with van der Waals surface area (Å²) >= 11 is 3.02. The van der Waals surface area contributed by atoms with Crippen molar-refractivity contribution in [2.24, 2.45) is 0 Å². The highest BCUT2D eigenvalue weighted by Crippen LogP contribution is 2.28. The van der Waals surface area contributed by atoms with Crippen LogP contribution in [0.1, 0.15) is 37.0 Å². The van der Waals surface area contributed by atoms with Crippen LogP contribution in [0, 0.1) is 10.1 Å². The molecule has 7 nitrogen and oxygen atoms in total. The standard InChI is InChI=1S/C13H15BrN2O5/c1-3-7-13(2,12(18)19)15-11(17)8-5-4-6-9(10(8)14)16(20)21/h4-6H,3,7H2,1-2H3,(H,15,17)(H,18,19). The quantitative estimate of drug-likeness (QED) is 0.600. The van der Waals surface area contributed by atoms with E-state index in [4.69, 9.17) is 0 Å². The smallest absolute Gasteiger partial charge is 0.329 e. The van der Waals surface area contributed by atoms with Crippen molar-refractivity contribution in [3.8, 4) is 0 Å². The van der Waals surface area contributed by atoms with Crippen LogP contribution in [0.3, 0.4) is 0 Å². The van der Waals surface area contributed by atoms with Crippen molar-refractivity contribution < 1.29 is 19.6 Å². The van der Waals surface area contributed by atoms with E-state index in [-0.39, 0.29) is 22.1 Å². The molecule has 0 aliphatic heterocycles.